The van der Waals surface area contributed by atoms with Crippen molar-refractivity contribution in [2.75, 3.05) is 0 Å². The molecular formula is C14H11BrN2O2. The van der Waals surface area contributed by atoms with Crippen molar-refractivity contribution < 1.29 is 9.90 Å². The second-order valence-electron chi connectivity index (χ2n) is 3.76. The highest BCUT2D eigenvalue weighted by molar-refractivity contribution is 9.15. The number of rotatable bonds is 3. The average Bonchev–Trinajstić information content (AvgIpc) is 2.67. The van der Waals surface area contributed by atoms with Gasteiger partial charge in [0, 0.05) is 16.4 Å². The lowest BCUT2D eigenvalue weighted by molar-refractivity contribution is 0.0697. The zero-order valence-corrected chi connectivity index (χ0v) is 11.5. The Hall–Kier alpha value is -2.14. The second kappa shape index (κ2) is 6.15. The summed E-state index contributed by atoms with van der Waals surface area (Å²) in [6, 6.07) is 6.73. The van der Waals surface area contributed by atoms with E-state index >= 15 is 0 Å². The van der Waals surface area contributed by atoms with Crippen molar-refractivity contribution in [2.45, 2.75) is 0 Å². The van der Waals surface area contributed by atoms with Gasteiger partial charge in [-0.05, 0) is 35.9 Å². The summed E-state index contributed by atoms with van der Waals surface area (Å²) in [5.41, 5.74) is 1.91. The van der Waals surface area contributed by atoms with Gasteiger partial charge in [0.1, 0.15) is 0 Å². The number of nitrogens with one attached hydrogen (secondary N) is 1. The van der Waals surface area contributed by atoms with Crippen LogP contribution in [0.5, 0.6) is 0 Å². The van der Waals surface area contributed by atoms with Gasteiger partial charge in [-0.3, -0.25) is 0 Å². The van der Waals surface area contributed by atoms with Crippen LogP contribution in [0.15, 0.2) is 59.4 Å². The molecule has 1 heterocycles. The molecule has 1 aliphatic rings. The summed E-state index contributed by atoms with van der Waals surface area (Å²) >= 11 is 3.45. The molecule has 0 aliphatic carbocycles. The van der Waals surface area contributed by atoms with E-state index in [1.807, 2.05) is 24.3 Å². The molecule has 0 saturated carbocycles. The zero-order valence-electron chi connectivity index (χ0n) is 9.88. The van der Waals surface area contributed by atoms with Crippen LogP contribution >= 0.6 is 15.9 Å². The minimum Gasteiger partial charge on any atom is -0.478 e. The predicted molar refractivity (Wildman–Crippen MR) is 79.2 cm³/mol. The molecule has 19 heavy (non-hydrogen) atoms. The first-order valence-electron chi connectivity index (χ1n) is 5.53. The number of benzene rings is 1. The van der Waals surface area contributed by atoms with Crippen LogP contribution in [0.2, 0.25) is 0 Å². The van der Waals surface area contributed by atoms with Gasteiger partial charge in [-0.25, -0.2) is 9.79 Å². The lowest BCUT2D eigenvalue weighted by Crippen LogP contribution is -2.07. The molecule has 0 unspecified atom stereocenters. The van der Waals surface area contributed by atoms with Gasteiger partial charge in [0.2, 0.25) is 0 Å². The quantitative estimate of drug-likeness (QED) is 0.900. The van der Waals surface area contributed by atoms with E-state index in [1.54, 1.807) is 30.7 Å². The van der Waals surface area contributed by atoms with Crippen molar-refractivity contribution in [3.8, 4) is 0 Å². The van der Waals surface area contributed by atoms with Crippen LogP contribution in [-0.2, 0) is 0 Å². The second-order valence-corrected chi connectivity index (χ2v) is 4.62. The predicted octanol–water partition coefficient (Wildman–Crippen LogP) is 3.15. The maximum atomic E-state index is 10.9. The Bertz CT molecular complexity index is 616. The fourth-order valence-corrected chi connectivity index (χ4v) is 2.00. The number of nitrogens with zero attached hydrogens (tertiary/aromatic N) is 1. The van der Waals surface area contributed by atoms with Crippen molar-refractivity contribution in [3.63, 3.8) is 0 Å². The van der Waals surface area contributed by atoms with Crippen molar-refractivity contribution in [2.24, 2.45) is 4.99 Å². The summed E-state index contributed by atoms with van der Waals surface area (Å²) in [5, 5.41) is 12.0. The van der Waals surface area contributed by atoms with E-state index in [2.05, 4.69) is 26.2 Å². The smallest absolute Gasteiger partial charge is 0.335 e. The molecule has 2 N–H and O–H groups in total. The van der Waals surface area contributed by atoms with Crippen molar-refractivity contribution in [3.05, 3.63) is 65.5 Å². The molecule has 0 fully saturated rings. The molecular weight excluding hydrogens is 308 g/mol. The summed E-state index contributed by atoms with van der Waals surface area (Å²) in [6.45, 7) is 0. The van der Waals surface area contributed by atoms with Crippen LogP contribution in [0, 0.1) is 0 Å². The minimum atomic E-state index is -0.941. The van der Waals surface area contributed by atoms with Crippen LogP contribution in [0.1, 0.15) is 15.9 Å². The van der Waals surface area contributed by atoms with Crippen LogP contribution in [0.25, 0.3) is 4.48 Å². The van der Waals surface area contributed by atoms with E-state index in [0.29, 0.717) is 0 Å². The van der Waals surface area contributed by atoms with Crippen molar-refractivity contribution >= 4 is 32.7 Å². The number of carboxylic acid groups (broad SMARTS) is 1. The SMILES string of the molecule is O=C(O)c1cccc(C(Br)=CC2=CC=CN=CN2)c1. The van der Waals surface area contributed by atoms with E-state index < -0.39 is 5.97 Å². The number of aromatic carboxylic acids is 1. The fraction of sp³-hybridized carbons (Fsp3) is 0. The molecule has 1 aromatic carbocycles. The number of carbonyl (C=O) groups is 1. The van der Waals surface area contributed by atoms with Gasteiger partial charge in [-0.1, -0.05) is 28.1 Å². The number of aliphatic imine (C=N–C) groups is 1. The first kappa shape index (κ1) is 13.3. The molecule has 5 heteroatoms. The largest absolute Gasteiger partial charge is 0.478 e. The van der Waals surface area contributed by atoms with E-state index in [1.165, 1.54) is 0 Å². The normalized spacial score (nSPS) is 14.6. The topological polar surface area (TPSA) is 61.7 Å². The van der Waals surface area contributed by atoms with Crippen molar-refractivity contribution in [1.29, 1.82) is 0 Å². The molecule has 1 aliphatic heterocycles. The Balaban J connectivity index is 2.28. The number of hydrogen-bond donors (Lipinski definition) is 2. The van der Waals surface area contributed by atoms with Gasteiger partial charge in [-0.15, -0.1) is 0 Å². The Kier molecular flexibility index (Phi) is 4.30. The Morgan fingerprint density at radius 3 is 2.95 bits per heavy atom. The maximum Gasteiger partial charge on any atom is 0.335 e. The molecule has 96 valence electrons. The molecule has 0 amide bonds. The number of carboxylic acids is 1. The standard InChI is InChI=1S/C14H11BrN2O2/c15-13(8-12-5-2-6-16-9-17-12)10-3-1-4-11(7-10)14(18)19/h1-9H,(H,16,17)(H,18,19). The molecule has 0 radical (unpaired) electrons. The van der Waals surface area contributed by atoms with Crippen LogP contribution in [-0.4, -0.2) is 17.4 Å². The van der Waals surface area contributed by atoms with E-state index in [9.17, 15) is 4.79 Å². The Morgan fingerprint density at radius 1 is 1.37 bits per heavy atom. The number of halogens is 1. The monoisotopic (exact) mass is 318 g/mol. The van der Waals surface area contributed by atoms with Gasteiger partial charge in [0.25, 0.3) is 0 Å². The Labute approximate surface area is 119 Å². The number of allylic oxidation sites excluding steroid dienone is 3. The maximum absolute atomic E-state index is 10.9. The fourth-order valence-electron chi connectivity index (χ4n) is 1.51. The molecule has 0 saturated heterocycles. The highest BCUT2D eigenvalue weighted by atomic mass is 79.9. The van der Waals surface area contributed by atoms with Crippen molar-refractivity contribution in [1.82, 2.24) is 5.32 Å². The summed E-state index contributed by atoms with van der Waals surface area (Å²) in [6.07, 6.45) is 8.81. The first-order valence-corrected chi connectivity index (χ1v) is 6.32. The molecule has 2 rings (SSSR count). The van der Waals surface area contributed by atoms with Gasteiger partial charge in [0.05, 0.1) is 11.9 Å². The summed E-state index contributed by atoms with van der Waals surface area (Å²) in [5.74, 6) is -0.941. The summed E-state index contributed by atoms with van der Waals surface area (Å²) in [7, 11) is 0. The van der Waals surface area contributed by atoms with Crippen LogP contribution in [0.4, 0.5) is 0 Å². The highest BCUT2D eigenvalue weighted by Crippen LogP contribution is 2.23. The molecule has 0 atom stereocenters. The molecule has 1 aromatic rings. The number of hydrogen-bond acceptors (Lipinski definition) is 3. The average molecular weight is 319 g/mol. The third kappa shape index (κ3) is 3.66. The molecule has 0 spiro atoms. The van der Waals surface area contributed by atoms with E-state index in [-0.39, 0.29) is 5.56 Å². The lowest BCUT2D eigenvalue weighted by atomic mass is 10.1. The van der Waals surface area contributed by atoms with Crippen LogP contribution in [0.3, 0.4) is 0 Å². The van der Waals surface area contributed by atoms with E-state index in [4.69, 9.17) is 5.11 Å². The third-order valence-corrected chi connectivity index (χ3v) is 3.11. The van der Waals surface area contributed by atoms with Gasteiger partial charge < -0.3 is 10.4 Å². The molecule has 4 nitrogen and oxygen atoms in total. The van der Waals surface area contributed by atoms with E-state index in [0.717, 1.165) is 15.7 Å². The zero-order chi connectivity index (χ0) is 13.7. The van der Waals surface area contributed by atoms with Gasteiger partial charge >= 0.3 is 5.97 Å². The summed E-state index contributed by atoms with van der Waals surface area (Å²) in [4.78, 5) is 14.9. The van der Waals surface area contributed by atoms with Gasteiger partial charge in [-0.2, -0.15) is 0 Å². The minimum absolute atomic E-state index is 0.257. The Morgan fingerprint density at radius 2 is 2.16 bits per heavy atom. The third-order valence-electron chi connectivity index (χ3n) is 2.42. The molecule has 0 bridgehead atoms. The lowest BCUT2D eigenvalue weighted by Gasteiger charge is -2.04. The summed E-state index contributed by atoms with van der Waals surface area (Å²) < 4.78 is 0.790. The molecule has 0 aromatic heterocycles. The van der Waals surface area contributed by atoms with Gasteiger partial charge in [0.15, 0.2) is 0 Å². The first-order chi connectivity index (χ1) is 9.16. The highest BCUT2D eigenvalue weighted by Gasteiger charge is 2.05. The van der Waals surface area contributed by atoms with Crippen LogP contribution < -0.4 is 5.32 Å².